The number of nitrogens with one attached hydrogen (secondary N) is 1. The molecule has 22 heavy (non-hydrogen) atoms. The molecule has 0 fully saturated rings. The van der Waals surface area contributed by atoms with E-state index in [-0.39, 0.29) is 6.04 Å². The maximum Gasteiger partial charge on any atom is 0.119 e. The zero-order valence-electron chi connectivity index (χ0n) is 13.3. The van der Waals surface area contributed by atoms with Gasteiger partial charge in [0, 0.05) is 34.5 Å². The van der Waals surface area contributed by atoms with Crippen LogP contribution in [0.4, 0.5) is 0 Å². The summed E-state index contributed by atoms with van der Waals surface area (Å²) in [6.07, 6.45) is 1.69. The monoisotopic (exact) mass is 317 g/mol. The molecule has 0 aliphatic carbocycles. The van der Waals surface area contributed by atoms with Gasteiger partial charge in [-0.15, -0.1) is 0 Å². The molecule has 118 valence electrons. The summed E-state index contributed by atoms with van der Waals surface area (Å²) in [5, 5.41) is 3.43. The lowest BCUT2D eigenvalue weighted by Gasteiger charge is -2.15. The zero-order valence-corrected chi connectivity index (χ0v) is 14.2. The van der Waals surface area contributed by atoms with Crippen molar-refractivity contribution < 1.29 is 8.95 Å². The summed E-state index contributed by atoms with van der Waals surface area (Å²) in [7, 11) is -0.916. The minimum absolute atomic E-state index is 0.251. The van der Waals surface area contributed by atoms with Crippen LogP contribution < -0.4 is 10.1 Å². The average Bonchev–Trinajstić information content (AvgIpc) is 2.52. The van der Waals surface area contributed by atoms with Crippen LogP contribution >= 0.6 is 0 Å². The highest BCUT2D eigenvalue weighted by atomic mass is 32.2. The second kappa shape index (κ2) is 8.11. The first-order valence-electron chi connectivity index (χ1n) is 7.40. The number of hydrogen-bond acceptors (Lipinski definition) is 3. The Morgan fingerprint density at radius 3 is 2.32 bits per heavy atom. The fourth-order valence-electron chi connectivity index (χ4n) is 2.01. The van der Waals surface area contributed by atoms with Crippen LogP contribution in [0, 0.1) is 6.92 Å². The van der Waals surface area contributed by atoms with Crippen LogP contribution in [0.3, 0.4) is 0 Å². The fraction of sp³-hybridized carbons (Fsp3) is 0.333. The highest BCUT2D eigenvalue weighted by Gasteiger charge is 2.04. The van der Waals surface area contributed by atoms with Crippen LogP contribution in [0.2, 0.25) is 0 Å². The molecule has 2 aromatic rings. The molecule has 0 amide bonds. The van der Waals surface area contributed by atoms with Gasteiger partial charge in [-0.3, -0.25) is 4.21 Å². The second-order valence-corrected chi connectivity index (χ2v) is 6.88. The molecule has 0 bridgehead atoms. The van der Waals surface area contributed by atoms with Gasteiger partial charge in [-0.1, -0.05) is 29.8 Å². The molecule has 0 radical (unpaired) electrons. The SMILES string of the molecule is Cc1ccc(OC[C@H](C)NCc2ccc([S@](C)=O)cc2)cc1. The van der Waals surface area contributed by atoms with Crippen molar-refractivity contribution in [2.24, 2.45) is 0 Å². The molecule has 0 aliphatic rings. The van der Waals surface area contributed by atoms with Crippen molar-refractivity contribution in [3.05, 3.63) is 59.7 Å². The van der Waals surface area contributed by atoms with Gasteiger partial charge in [-0.25, -0.2) is 0 Å². The third-order valence-electron chi connectivity index (χ3n) is 3.43. The number of aryl methyl sites for hydroxylation is 1. The molecule has 0 aliphatic heterocycles. The smallest absolute Gasteiger partial charge is 0.119 e. The van der Waals surface area contributed by atoms with Crippen LogP contribution in [-0.2, 0) is 17.3 Å². The Hall–Kier alpha value is -1.65. The summed E-state index contributed by atoms with van der Waals surface area (Å²) < 4.78 is 17.1. The van der Waals surface area contributed by atoms with Crippen LogP contribution in [-0.4, -0.2) is 23.1 Å². The van der Waals surface area contributed by atoms with E-state index in [0.717, 1.165) is 17.2 Å². The van der Waals surface area contributed by atoms with Gasteiger partial charge in [0.2, 0.25) is 0 Å². The first kappa shape index (κ1) is 16.7. The zero-order chi connectivity index (χ0) is 15.9. The lowest BCUT2D eigenvalue weighted by Crippen LogP contribution is -2.31. The Morgan fingerprint density at radius 1 is 1.09 bits per heavy atom. The molecule has 0 aromatic heterocycles. The fourth-order valence-corrected chi connectivity index (χ4v) is 2.53. The molecule has 0 spiro atoms. The Labute approximate surface area is 135 Å². The van der Waals surface area contributed by atoms with Gasteiger partial charge in [-0.05, 0) is 43.7 Å². The summed E-state index contributed by atoms with van der Waals surface area (Å²) in [6.45, 7) is 5.56. The minimum atomic E-state index is -0.916. The first-order valence-corrected chi connectivity index (χ1v) is 8.95. The molecule has 0 saturated heterocycles. The van der Waals surface area contributed by atoms with Gasteiger partial charge in [0.25, 0.3) is 0 Å². The molecule has 1 N–H and O–H groups in total. The standard InChI is InChI=1S/C18H23NO2S/c1-14-4-8-17(9-5-14)21-13-15(2)19-12-16-6-10-18(11-7-16)22(3)20/h4-11,15,19H,12-13H2,1-3H3/t15-,22-/m0/s1. The van der Waals surface area contributed by atoms with Gasteiger partial charge in [0.1, 0.15) is 12.4 Å². The van der Waals surface area contributed by atoms with Crippen molar-refractivity contribution in [3.63, 3.8) is 0 Å². The van der Waals surface area contributed by atoms with Crippen LogP contribution in [0.1, 0.15) is 18.1 Å². The molecule has 0 saturated carbocycles. The van der Waals surface area contributed by atoms with Gasteiger partial charge >= 0.3 is 0 Å². The number of hydrogen-bond donors (Lipinski definition) is 1. The van der Waals surface area contributed by atoms with Crippen molar-refractivity contribution in [3.8, 4) is 5.75 Å². The quantitative estimate of drug-likeness (QED) is 0.851. The lowest BCUT2D eigenvalue weighted by atomic mass is 10.2. The van der Waals surface area contributed by atoms with E-state index in [0.29, 0.717) is 6.61 Å². The highest BCUT2D eigenvalue weighted by Crippen LogP contribution is 2.12. The molecule has 3 nitrogen and oxygen atoms in total. The number of ether oxygens (including phenoxy) is 1. The molecule has 2 aromatic carbocycles. The van der Waals surface area contributed by atoms with E-state index in [2.05, 4.69) is 19.2 Å². The van der Waals surface area contributed by atoms with E-state index in [1.54, 1.807) is 6.26 Å². The Kier molecular flexibility index (Phi) is 6.16. The Balaban J connectivity index is 1.76. The van der Waals surface area contributed by atoms with Gasteiger partial charge < -0.3 is 10.1 Å². The average molecular weight is 317 g/mol. The molecule has 0 heterocycles. The van der Waals surface area contributed by atoms with Crippen LogP contribution in [0.5, 0.6) is 5.75 Å². The number of benzene rings is 2. The third-order valence-corrected chi connectivity index (χ3v) is 4.37. The minimum Gasteiger partial charge on any atom is -0.492 e. The maximum atomic E-state index is 11.3. The van der Waals surface area contributed by atoms with E-state index in [4.69, 9.17) is 4.74 Å². The van der Waals surface area contributed by atoms with Crippen molar-refractivity contribution in [1.29, 1.82) is 0 Å². The van der Waals surface area contributed by atoms with E-state index < -0.39 is 10.8 Å². The predicted molar refractivity (Wildman–Crippen MR) is 91.8 cm³/mol. The third kappa shape index (κ3) is 5.28. The Bertz CT molecular complexity index is 608. The van der Waals surface area contributed by atoms with E-state index in [9.17, 15) is 4.21 Å². The van der Waals surface area contributed by atoms with E-state index >= 15 is 0 Å². The summed E-state index contributed by atoms with van der Waals surface area (Å²) >= 11 is 0. The largest absolute Gasteiger partial charge is 0.492 e. The summed E-state index contributed by atoms with van der Waals surface area (Å²) in [5.41, 5.74) is 2.41. The van der Waals surface area contributed by atoms with Crippen molar-refractivity contribution >= 4 is 10.8 Å². The normalized spacial score (nSPS) is 13.6. The molecule has 4 heteroatoms. The van der Waals surface area contributed by atoms with Crippen molar-refractivity contribution in [2.75, 3.05) is 12.9 Å². The van der Waals surface area contributed by atoms with Crippen LogP contribution in [0.15, 0.2) is 53.4 Å². The second-order valence-electron chi connectivity index (χ2n) is 5.50. The first-order chi connectivity index (χ1) is 10.5. The summed E-state index contributed by atoms with van der Waals surface area (Å²) in [4.78, 5) is 0.861. The van der Waals surface area contributed by atoms with E-state index in [1.165, 1.54) is 11.1 Å². The van der Waals surface area contributed by atoms with Crippen LogP contribution in [0.25, 0.3) is 0 Å². The van der Waals surface area contributed by atoms with E-state index in [1.807, 2.05) is 48.5 Å². The Morgan fingerprint density at radius 2 is 1.73 bits per heavy atom. The maximum absolute atomic E-state index is 11.3. The predicted octanol–water partition coefficient (Wildman–Crippen LogP) is 3.29. The van der Waals surface area contributed by atoms with Crippen molar-refractivity contribution in [2.45, 2.75) is 31.3 Å². The van der Waals surface area contributed by atoms with Gasteiger partial charge in [0.15, 0.2) is 0 Å². The highest BCUT2D eigenvalue weighted by molar-refractivity contribution is 7.84. The number of rotatable bonds is 7. The summed E-state index contributed by atoms with van der Waals surface area (Å²) in [6, 6.07) is 16.2. The van der Waals surface area contributed by atoms with Crippen molar-refractivity contribution in [1.82, 2.24) is 5.32 Å². The molecular weight excluding hydrogens is 294 g/mol. The molecular formula is C18H23NO2S. The van der Waals surface area contributed by atoms with Gasteiger partial charge in [0.05, 0.1) is 0 Å². The van der Waals surface area contributed by atoms with Gasteiger partial charge in [-0.2, -0.15) is 0 Å². The lowest BCUT2D eigenvalue weighted by molar-refractivity contribution is 0.272. The molecule has 2 rings (SSSR count). The summed E-state index contributed by atoms with van der Waals surface area (Å²) in [5.74, 6) is 0.897. The topological polar surface area (TPSA) is 38.3 Å². The molecule has 2 atom stereocenters. The molecule has 0 unspecified atom stereocenters.